The van der Waals surface area contributed by atoms with E-state index in [4.69, 9.17) is 0 Å². The fourth-order valence-electron chi connectivity index (χ4n) is 1.71. The average molecular weight is 230 g/mol. The molecule has 6 nitrogen and oxygen atoms in total. The second kappa shape index (κ2) is 3.65. The molecule has 0 amide bonds. The summed E-state index contributed by atoms with van der Waals surface area (Å²) in [5.74, 6) is 1.24. The maximum atomic E-state index is 10.5. The molecule has 0 spiro atoms. The summed E-state index contributed by atoms with van der Waals surface area (Å²) in [5.41, 5.74) is 1.20. The maximum absolute atomic E-state index is 10.5. The first-order valence-corrected chi connectivity index (χ1v) is 5.39. The first kappa shape index (κ1) is 9.95. The van der Waals surface area contributed by atoms with Crippen LogP contribution in [0.15, 0.2) is 30.7 Å². The maximum Gasteiger partial charge on any atom is 0.287 e. The van der Waals surface area contributed by atoms with Gasteiger partial charge in [-0.1, -0.05) is 0 Å². The van der Waals surface area contributed by atoms with Crippen LogP contribution in [0.5, 0.6) is 0 Å². The molecule has 0 bridgehead atoms. The predicted octanol–water partition coefficient (Wildman–Crippen LogP) is 2.05. The zero-order chi connectivity index (χ0) is 11.8. The standard InChI is InChI=1S/C11H10N4O2/c16-15(17)10-3-4-11(12-6-10)14-7-9(5-13-14)8-1-2-8/h3-8H,1-2H2. The smallest absolute Gasteiger partial charge is 0.258 e. The van der Waals surface area contributed by atoms with E-state index < -0.39 is 4.92 Å². The Morgan fingerprint density at radius 2 is 2.18 bits per heavy atom. The monoisotopic (exact) mass is 230 g/mol. The lowest BCUT2D eigenvalue weighted by atomic mass is 10.2. The molecule has 0 aliphatic heterocycles. The van der Waals surface area contributed by atoms with Crippen LogP contribution in [-0.2, 0) is 0 Å². The number of rotatable bonds is 3. The van der Waals surface area contributed by atoms with Crippen molar-refractivity contribution in [2.24, 2.45) is 0 Å². The fraction of sp³-hybridized carbons (Fsp3) is 0.273. The van der Waals surface area contributed by atoms with E-state index in [0.29, 0.717) is 11.7 Å². The van der Waals surface area contributed by atoms with Gasteiger partial charge in [0.25, 0.3) is 5.69 Å². The third-order valence-electron chi connectivity index (χ3n) is 2.83. The molecular formula is C11H10N4O2. The molecule has 6 heteroatoms. The summed E-state index contributed by atoms with van der Waals surface area (Å²) in [7, 11) is 0. The summed E-state index contributed by atoms with van der Waals surface area (Å²) in [4.78, 5) is 14.1. The number of nitrogens with zero attached hydrogens (tertiary/aromatic N) is 4. The van der Waals surface area contributed by atoms with Gasteiger partial charge in [-0.3, -0.25) is 10.1 Å². The molecule has 1 fully saturated rings. The normalized spacial score (nSPS) is 14.8. The predicted molar refractivity (Wildman–Crippen MR) is 60.0 cm³/mol. The Bertz CT molecular complexity index is 557. The van der Waals surface area contributed by atoms with E-state index in [1.54, 1.807) is 10.7 Å². The molecule has 1 saturated carbocycles. The lowest BCUT2D eigenvalue weighted by molar-refractivity contribution is -0.385. The van der Waals surface area contributed by atoms with Gasteiger partial charge in [-0.05, 0) is 30.4 Å². The van der Waals surface area contributed by atoms with Gasteiger partial charge in [0.1, 0.15) is 6.20 Å². The van der Waals surface area contributed by atoms with Gasteiger partial charge in [-0.25, -0.2) is 9.67 Å². The van der Waals surface area contributed by atoms with Crippen molar-refractivity contribution in [2.75, 3.05) is 0 Å². The topological polar surface area (TPSA) is 73.8 Å². The van der Waals surface area contributed by atoms with E-state index in [0.717, 1.165) is 0 Å². The first-order valence-electron chi connectivity index (χ1n) is 5.39. The lowest BCUT2D eigenvalue weighted by Crippen LogP contribution is -1.98. The van der Waals surface area contributed by atoms with E-state index in [1.807, 2.05) is 12.4 Å². The Morgan fingerprint density at radius 3 is 2.76 bits per heavy atom. The van der Waals surface area contributed by atoms with E-state index in [-0.39, 0.29) is 5.69 Å². The number of nitro groups is 1. The van der Waals surface area contributed by atoms with Crippen molar-refractivity contribution in [3.8, 4) is 5.82 Å². The Kier molecular flexibility index (Phi) is 2.14. The lowest BCUT2D eigenvalue weighted by Gasteiger charge is -1.98. The van der Waals surface area contributed by atoms with Crippen LogP contribution >= 0.6 is 0 Å². The van der Waals surface area contributed by atoms with Crippen molar-refractivity contribution in [2.45, 2.75) is 18.8 Å². The minimum atomic E-state index is -0.463. The molecule has 86 valence electrons. The van der Waals surface area contributed by atoms with Gasteiger partial charge in [0.05, 0.1) is 11.1 Å². The number of hydrogen-bond donors (Lipinski definition) is 0. The number of pyridine rings is 1. The molecule has 3 rings (SSSR count). The van der Waals surface area contributed by atoms with E-state index >= 15 is 0 Å². The molecule has 1 aliphatic rings. The SMILES string of the molecule is O=[N+]([O-])c1ccc(-n2cc(C3CC3)cn2)nc1. The van der Waals surface area contributed by atoms with Crippen LogP contribution in [0.2, 0.25) is 0 Å². The highest BCUT2D eigenvalue weighted by Crippen LogP contribution is 2.39. The van der Waals surface area contributed by atoms with Gasteiger partial charge in [-0.15, -0.1) is 0 Å². The molecule has 0 atom stereocenters. The second-order valence-electron chi connectivity index (χ2n) is 4.12. The molecule has 2 heterocycles. The van der Waals surface area contributed by atoms with Crippen LogP contribution in [-0.4, -0.2) is 19.7 Å². The van der Waals surface area contributed by atoms with Crippen LogP contribution in [0.1, 0.15) is 24.3 Å². The summed E-state index contributed by atoms with van der Waals surface area (Å²) in [6.07, 6.45) is 7.46. The molecule has 0 saturated heterocycles. The van der Waals surface area contributed by atoms with Gasteiger partial charge in [0.15, 0.2) is 5.82 Å². The Labute approximate surface area is 97.1 Å². The Morgan fingerprint density at radius 1 is 1.35 bits per heavy atom. The molecule has 17 heavy (non-hydrogen) atoms. The van der Waals surface area contributed by atoms with Gasteiger partial charge in [-0.2, -0.15) is 5.10 Å². The molecule has 0 radical (unpaired) electrons. The summed E-state index contributed by atoms with van der Waals surface area (Å²) < 4.78 is 1.65. The Hall–Kier alpha value is -2.24. The molecule has 0 aromatic carbocycles. The number of aromatic nitrogens is 3. The molecule has 0 unspecified atom stereocenters. The van der Waals surface area contributed by atoms with Gasteiger partial charge < -0.3 is 0 Å². The molecular weight excluding hydrogens is 220 g/mol. The van der Waals surface area contributed by atoms with Crippen molar-refractivity contribution < 1.29 is 4.92 Å². The van der Waals surface area contributed by atoms with E-state index in [9.17, 15) is 10.1 Å². The van der Waals surface area contributed by atoms with Crippen molar-refractivity contribution in [1.82, 2.24) is 14.8 Å². The van der Waals surface area contributed by atoms with Crippen LogP contribution in [0.25, 0.3) is 5.82 Å². The van der Waals surface area contributed by atoms with Crippen LogP contribution in [0.3, 0.4) is 0 Å². The summed E-state index contributed by atoms with van der Waals surface area (Å²) in [6, 6.07) is 3.03. The molecule has 0 N–H and O–H groups in total. The largest absolute Gasteiger partial charge is 0.287 e. The van der Waals surface area contributed by atoms with Gasteiger partial charge in [0.2, 0.25) is 0 Å². The molecule has 2 aromatic rings. The molecule has 1 aliphatic carbocycles. The second-order valence-corrected chi connectivity index (χ2v) is 4.12. The van der Waals surface area contributed by atoms with Crippen LogP contribution < -0.4 is 0 Å². The van der Waals surface area contributed by atoms with Gasteiger partial charge in [0, 0.05) is 12.3 Å². The quantitative estimate of drug-likeness (QED) is 0.597. The minimum absolute atomic E-state index is 0.0108. The van der Waals surface area contributed by atoms with E-state index in [2.05, 4.69) is 10.1 Å². The zero-order valence-corrected chi connectivity index (χ0v) is 8.98. The molecule has 2 aromatic heterocycles. The van der Waals surface area contributed by atoms with E-state index in [1.165, 1.54) is 30.7 Å². The average Bonchev–Trinajstić information content (AvgIpc) is 3.07. The highest BCUT2D eigenvalue weighted by atomic mass is 16.6. The van der Waals surface area contributed by atoms with Crippen LogP contribution in [0, 0.1) is 10.1 Å². The van der Waals surface area contributed by atoms with Crippen LogP contribution in [0.4, 0.5) is 5.69 Å². The summed E-state index contributed by atoms with van der Waals surface area (Å²) in [6.45, 7) is 0. The highest BCUT2D eigenvalue weighted by molar-refractivity contribution is 5.33. The first-order chi connectivity index (χ1) is 8.24. The number of hydrogen-bond acceptors (Lipinski definition) is 4. The third kappa shape index (κ3) is 1.89. The van der Waals surface area contributed by atoms with Gasteiger partial charge >= 0.3 is 0 Å². The summed E-state index contributed by atoms with van der Waals surface area (Å²) >= 11 is 0. The minimum Gasteiger partial charge on any atom is -0.258 e. The fourth-order valence-corrected chi connectivity index (χ4v) is 1.71. The Balaban J connectivity index is 1.89. The van der Waals surface area contributed by atoms with Crippen molar-refractivity contribution in [1.29, 1.82) is 0 Å². The van der Waals surface area contributed by atoms with Crippen molar-refractivity contribution in [3.63, 3.8) is 0 Å². The zero-order valence-electron chi connectivity index (χ0n) is 8.98. The highest BCUT2D eigenvalue weighted by Gasteiger charge is 2.25. The van der Waals surface area contributed by atoms with Crippen molar-refractivity contribution in [3.05, 3.63) is 46.4 Å². The van der Waals surface area contributed by atoms with Crippen molar-refractivity contribution >= 4 is 5.69 Å². The summed E-state index contributed by atoms with van der Waals surface area (Å²) in [5, 5.41) is 14.7. The third-order valence-corrected chi connectivity index (χ3v) is 2.83.